The predicted molar refractivity (Wildman–Crippen MR) is 60.1 cm³/mol. The smallest absolute Gasteiger partial charge is 0.326 e. The van der Waals surface area contributed by atoms with E-state index >= 15 is 0 Å². The van der Waals surface area contributed by atoms with E-state index in [1.807, 2.05) is 12.1 Å². The highest BCUT2D eigenvalue weighted by atomic mass is 32.1. The van der Waals surface area contributed by atoms with Crippen LogP contribution in [-0.2, 0) is 4.79 Å². The van der Waals surface area contributed by atoms with E-state index in [-0.39, 0.29) is 18.8 Å². The van der Waals surface area contributed by atoms with Gasteiger partial charge in [0.15, 0.2) is 5.13 Å². The van der Waals surface area contributed by atoms with E-state index in [1.165, 1.54) is 10.3 Å². The Morgan fingerprint density at radius 2 is 2.18 bits per heavy atom. The molecular weight excluding hydrogens is 242 g/mol. The third kappa shape index (κ3) is 3.14. The maximum atomic E-state index is 10.7. The lowest BCUT2D eigenvalue weighted by Gasteiger charge is -2.13. The highest BCUT2D eigenvalue weighted by Crippen LogP contribution is 2.23. The van der Waals surface area contributed by atoms with Gasteiger partial charge in [0.25, 0.3) is 0 Å². The second kappa shape index (κ2) is 5.80. The summed E-state index contributed by atoms with van der Waals surface area (Å²) in [5, 5.41) is 27.8. The number of hydrogen-bond acceptors (Lipinski definition) is 7. The Balaban J connectivity index is 2.89. The van der Waals surface area contributed by atoms with Crippen molar-refractivity contribution >= 4 is 22.4 Å². The number of thiazole rings is 1. The van der Waals surface area contributed by atoms with Crippen molar-refractivity contribution in [3.63, 3.8) is 0 Å². The topological polar surface area (TPSA) is 127 Å². The van der Waals surface area contributed by atoms with Gasteiger partial charge < -0.3 is 15.7 Å². The Hall–Kier alpha value is -2.16. The number of nitriles is 2. The Kier molecular flexibility index (Phi) is 4.40. The van der Waals surface area contributed by atoms with Gasteiger partial charge in [-0.25, -0.2) is 4.98 Å². The van der Waals surface area contributed by atoms with Crippen molar-refractivity contribution in [1.82, 2.24) is 4.98 Å². The molecule has 1 aromatic rings. The van der Waals surface area contributed by atoms with Gasteiger partial charge in [0.2, 0.25) is 0 Å². The van der Waals surface area contributed by atoms with Gasteiger partial charge in [-0.05, 0) is 0 Å². The average Bonchev–Trinajstić information content (AvgIpc) is 2.76. The number of nitrogens with two attached hydrogens (primary N) is 1. The van der Waals surface area contributed by atoms with E-state index < -0.39 is 12.0 Å². The largest absolute Gasteiger partial charge is 0.480 e. The zero-order valence-corrected chi connectivity index (χ0v) is 9.52. The summed E-state index contributed by atoms with van der Waals surface area (Å²) < 4.78 is 0. The van der Waals surface area contributed by atoms with Crippen molar-refractivity contribution < 1.29 is 9.90 Å². The summed E-state index contributed by atoms with van der Waals surface area (Å²) in [6.07, 6.45) is 0. The molecule has 0 spiro atoms. The molecule has 0 aliphatic rings. The Morgan fingerprint density at radius 1 is 1.59 bits per heavy atom. The van der Waals surface area contributed by atoms with E-state index in [0.717, 1.165) is 11.3 Å². The number of aromatic nitrogens is 1. The monoisotopic (exact) mass is 251 g/mol. The molecule has 7 nitrogen and oxygen atoms in total. The van der Waals surface area contributed by atoms with Crippen LogP contribution in [0.5, 0.6) is 0 Å². The Bertz CT molecular complexity index is 470. The van der Waals surface area contributed by atoms with Gasteiger partial charge in [0.1, 0.15) is 19.1 Å². The summed E-state index contributed by atoms with van der Waals surface area (Å²) >= 11 is 1.15. The lowest BCUT2D eigenvalue weighted by molar-refractivity contribution is -0.138. The van der Waals surface area contributed by atoms with Crippen LogP contribution in [0.4, 0.5) is 5.13 Å². The summed E-state index contributed by atoms with van der Waals surface area (Å²) in [6, 6.07) is 2.62. The first kappa shape index (κ1) is 12.9. The summed E-state index contributed by atoms with van der Waals surface area (Å²) in [4.78, 5) is 16.1. The number of carbonyl (C=O) groups is 1. The highest BCUT2D eigenvalue weighted by molar-refractivity contribution is 7.13. The summed E-state index contributed by atoms with van der Waals surface area (Å²) in [7, 11) is 0. The van der Waals surface area contributed by atoms with Crippen LogP contribution < -0.4 is 10.6 Å². The van der Waals surface area contributed by atoms with Gasteiger partial charge in [-0.3, -0.25) is 4.79 Å². The standard InChI is InChI=1S/C9H9N5O2S/c10-1-3-14(4-2-11)9-13-6(5-17-9)7(12)8(15)16/h5,7H,3-4,12H2,(H,15,16). The molecule has 0 aliphatic heterocycles. The fraction of sp³-hybridized carbons (Fsp3) is 0.333. The van der Waals surface area contributed by atoms with Crippen LogP contribution in [0.15, 0.2) is 5.38 Å². The molecule has 1 rings (SSSR count). The molecule has 3 N–H and O–H groups in total. The van der Waals surface area contributed by atoms with E-state index in [4.69, 9.17) is 21.4 Å². The third-order valence-electron chi connectivity index (χ3n) is 1.89. The molecule has 0 bridgehead atoms. The van der Waals surface area contributed by atoms with Crippen LogP contribution in [0.3, 0.4) is 0 Å². The first-order valence-electron chi connectivity index (χ1n) is 4.52. The molecule has 0 radical (unpaired) electrons. The summed E-state index contributed by atoms with van der Waals surface area (Å²) in [6.45, 7) is 0.0334. The van der Waals surface area contributed by atoms with Gasteiger partial charge in [0.05, 0.1) is 17.8 Å². The Labute approximate surface area is 101 Å². The number of carboxylic acids is 1. The molecule has 1 atom stereocenters. The van der Waals surface area contributed by atoms with Crippen LogP contribution in [0, 0.1) is 22.7 Å². The molecule has 0 aliphatic carbocycles. The van der Waals surface area contributed by atoms with Crippen molar-refractivity contribution in [3.8, 4) is 12.1 Å². The fourth-order valence-electron chi connectivity index (χ4n) is 1.05. The van der Waals surface area contributed by atoms with E-state index in [1.54, 1.807) is 0 Å². The van der Waals surface area contributed by atoms with Crippen LogP contribution in [0.2, 0.25) is 0 Å². The number of anilines is 1. The zero-order valence-electron chi connectivity index (χ0n) is 8.70. The molecular formula is C9H9N5O2S. The fourth-order valence-corrected chi connectivity index (χ4v) is 1.91. The molecule has 0 amide bonds. The van der Waals surface area contributed by atoms with E-state index in [2.05, 4.69) is 4.98 Å². The highest BCUT2D eigenvalue weighted by Gasteiger charge is 2.19. The quantitative estimate of drug-likeness (QED) is 0.709. The molecule has 0 fully saturated rings. The SMILES string of the molecule is N#CCN(CC#N)c1nc(C(N)C(=O)O)cs1. The van der Waals surface area contributed by atoms with Crippen molar-refractivity contribution in [3.05, 3.63) is 11.1 Å². The lowest BCUT2D eigenvalue weighted by atomic mass is 10.2. The molecule has 1 unspecified atom stereocenters. The summed E-state index contributed by atoms with van der Waals surface area (Å²) in [5.41, 5.74) is 5.62. The minimum atomic E-state index is -1.19. The number of aliphatic carboxylic acids is 1. The van der Waals surface area contributed by atoms with Gasteiger partial charge in [-0.15, -0.1) is 11.3 Å². The van der Waals surface area contributed by atoms with Gasteiger partial charge in [0, 0.05) is 5.38 Å². The maximum Gasteiger partial charge on any atom is 0.326 e. The van der Waals surface area contributed by atoms with E-state index in [9.17, 15) is 4.79 Å². The molecule has 0 aromatic carbocycles. The van der Waals surface area contributed by atoms with Gasteiger partial charge >= 0.3 is 5.97 Å². The molecule has 88 valence electrons. The lowest BCUT2D eigenvalue weighted by Crippen LogP contribution is -2.24. The number of hydrogen-bond donors (Lipinski definition) is 2. The molecule has 1 heterocycles. The van der Waals surface area contributed by atoms with E-state index in [0.29, 0.717) is 5.13 Å². The normalized spacial score (nSPS) is 11.2. The van der Waals surface area contributed by atoms with Crippen molar-refractivity contribution in [1.29, 1.82) is 10.5 Å². The zero-order chi connectivity index (χ0) is 12.8. The molecule has 8 heteroatoms. The van der Waals surface area contributed by atoms with Gasteiger partial charge in [-0.2, -0.15) is 10.5 Å². The molecule has 0 saturated carbocycles. The second-order valence-corrected chi connectivity index (χ2v) is 3.88. The number of rotatable bonds is 5. The Morgan fingerprint density at radius 3 is 2.65 bits per heavy atom. The van der Waals surface area contributed by atoms with Crippen molar-refractivity contribution in [2.45, 2.75) is 6.04 Å². The third-order valence-corrected chi connectivity index (χ3v) is 2.81. The van der Waals surface area contributed by atoms with Crippen LogP contribution in [-0.4, -0.2) is 29.1 Å². The van der Waals surface area contributed by atoms with Gasteiger partial charge in [-0.1, -0.05) is 0 Å². The van der Waals surface area contributed by atoms with Crippen LogP contribution in [0.25, 0.3) is 0 Å². The maximum absolute atomic E-state index is 10.7. The van der Waals surface area contributed by atoms with Crippen molar-refractivity contribution in [2.24, 2.45) is 5.73 Å². The first-order valence-corrected chi connectivity index (χ1v) is 5.40. The van der Waals surface area contributed by atoms with Crippen LogP contribution >= 0.6 is 11.3 Å². The second-order valence-electron chi connectivity index (χ2n) is 3.04. The van der Waals surface area contributed by atoms with Crippen molar-refractivity contribution in [2.75, 3.05) is 18.0 Å². The number of carboxylic acid groups (broad SMARTS) is 1. The number of nitrogens with zero attached hydrogens (tertiary/aromatic N) is 4. The minimum Gasteiger partial charge on any atom is -0.480 e. The summed E-state index contributed by atoms with van der Waals surface area (Å²) in [5.74, 6) is -1.17. The average molecular weight is 251 g/mol. The van der Waals surface area contributed by atoms with Crippen LogP contribution in [0.1, 0.15) is 11.7 Å². The molecule has 0 saturated heterocycles. The molecule has 17 heavy (non-hydrogen) atoms. The first-order chi connectivity index (χ1) is 8.10. The predicted octanol–water partition coefficient (Wildman–Crippen LogP) is 0.0811. The molecule has 1 aromatic heterocycles. The minimum absolute atomic E-state index is 0.0167.